The molecule has 0 saturated heterocycles. The van der Waals surface area contributed by atoms with Crippen molar-refractivity contribution in [2.75, 3.05) is 5.32 Å². The number of hydrogen-bond donors (Lipinski definition) is 1. The second-order valence-corrected chi connectivity index (χ2v) is 7.57. The van der Waals surface area contributed by atoms with Gasteiger partial charge in [0, 0.05) is 5.69 Å². The third-order valence-electron chi connectivity index (χ3n) is 5.62. The second kappa shape index (κ2) is 8.12. The van der Waals surface area contributed by atoms with Gasteiger partial charge in [0.2, 0.25) is 5.91 Å². The average Bonchev–Trinajstić information content (AvgIpc) is 3.15. The number of rotatable bonds is 6. The molecule has 2 aromatic carbocycles. The lowest BCUT2D eigenvalue weighted by Crippen LogP contribution is -2.38. The van der Waals surface area contributed by atoms with Gasteiger partial charge in [0.05, 0.1) is 11.5 Å². The van der Waals surface area contributed by atoms with Crippen molar-refractivity contribution in [2.45, 2.75) is 64.4 Å². The summed E-state index contributed by atoms with van der Waals surface area (Å²) in [7, 11) is 0. The van der Waals surface area contributed by atoms with Crippen molar-refractivity contribution < 1.29 is 13.9 Å². The summed E-state index contributed by atoms with van der Waals surface area (Å²) < 4.78 is 19.2. The molecular formula is C23H28FNO2. The highest BCUT2D eigenvalue weighted by Crippen LogP contribution is 2.42. The van der Waals surface area contributed by atoms with Crippen molar-refractivity contribution in [2.24, 2.45) is 0 Å². The highest BCUT2D eigenvalue weighted by molar-refractivity contribution is 5.99. The van der Waals surface area contributed by atoms with E-state index in [2.05, 4.69) is 12.2 Å². The van der Waals surface area contributed by atoms with Crippen LogP contribution in [0.5, 0.6) is 5.75 Å². The van der Waals surface area contributed by atoms with Gasteiger partial charge >= 0.3 is 0 Å². The highest BCUT2D eigenvalue weighted by Gasteiger charge is 2.42. The number of amides is 1. The number of aryl methyl sites for hydroxylation is 1. The minimum absolute atomic E-state index is 0.0124. The summed E-state index contributed by atoms with van der Waals surface area (Å²) in [4.78, 5) is 13.2. The lowest BCUT2D eigenvalue weighted by Gasteiger charge is -2.28. The minimum Gasteiger partial charge on any atom is -0.490 e. The van der Waals surface area contributed by atoms with Gasteiger partial charge in [-0.05, 0) is 74.6 Å². The summed E-state index contributed by atoms with van der Waals surface area (Å²) in [6, 6.07) is 12.1. The van der Waals surface area contributed by atoms with Gasteiger partial charge in [-0.25, -0.2) is 4.39 Å². The van der Waals surface area contributed by atoms with Crippen LogP contribution >= 0.6 is 0 Å². The Balaban J connectivity index is 1.80. The number of carbonyl (C=O) groups excluding carboxylic acids is 1. The smallest absolute Gasteiger partial charge is 0.235 e. The average molecular weight is 369 g/mol. The van der Waals surface area contributed by atoms with E-state index in [1.54, 1.807) is 12.1 Å². The summed E-state index contributed by atoms with van der Waals surface area (Å²) in [6.45, 7) is 6.12. The molecule has 0 radical (unpaired) electrons. The van der Waals surface area contributed by atoms with E-state index < -0.39 is 5.41 Å². The standard InChI is InChI=1S/C23H28FNO2/c1-4-17(3)27-21-12-11-20(15-16(21)2)25-22(26)23(13-5-6-14-23)18-7-9-19(24)10-8-18/h7-12,15,17H,4-6,13-14H2,1-3H3,(H,25,26). The molecule has 2 aromatic rings. The molecule has 1 saturated carbocycles. The first-order valence-electron chi connectivity index (χ1n) is 9.79. The Morgan fingerprint density at radius 1 is 1.19 bits per heavy atom. The van der Waals surface area contributed by atoms with E-state index >= 15 is 0 Å². The van der Waals surface area contributed by atoms with Gasteiger partial charge in [0.15, 0.2) is 0 Å². The summed E-state index contributed by atoms with van der Waals surface area (Å²) in [5, 5.41) is 3.08. The van der Waals surface area contributed by atoms with Gasteiger partial charge in [-0.3, -0.25) is 4.79 Å². The molecule has 1 aliphatic carbocycles. The largest absolute Gasteiger partial charge is 0.490 e. The third-order valence-corrected chi connectivity index (χ3v) is 5.62. The zero-order valence-corrected chi connectivity index (χ0v) is 16.3. The zero-order valence-electron chi connectivity index (χ0n) is 16.3. The predicted octanol–water partition coefficient (Wildman–Crippen LogP) is 5.76. The van der Waals surface area contributed by atoms with Crippen molar-refractivity contribution in [1.82, 2.24) is 0 Å². The Kier molecular flexibility index (Phi) is 5.83. The quantitative estimate of drug-likeness (QED) is 0.703. The molecule has 4 heteroatoms. The molecule has 3 nitrogen and oxygen atoms in total. The first kappa shape index (κ1) is 19.4. The van der Waals surface area contributed by atoms with Crippen molar-refractivity contribution in [1.29, 1.82) is 0 Å². The SMILES string of the molecule is CCC(C)Oc1ccc(NC(=O)C2(c3ccc(F)cc3)CCCC2)cc1C. The molecule has 3 rings (SSSR count). The first-order chi connectivity index (χ1) is 12.9. The lowest BCUT2D eigenvalue weighted by molar-refractivity contribution is -0.121. The second-order valence-electron chi connectivity index (χ2n) is 7.57. The number of ether oxygens (including phenoxy) is 1. The fourth-order valence-electron chi connectivity index (χ4n) is 3.80. The summed E-state index contributed by atoms with van der Waals surface area (Å²) in [6.07, 6.45) is 4.69. The van der Waals surface area contributed by atoms with Gasteiger partial charge in [-0.2, -0.15) is 0 Å². The number of nitrogens with one attached hydrogen (secondary N) is 1. The monoisotopic (exact) mass is 369 g/mol. The molecule has 1 N–H and O–H groups in total. The molecular weight excluding hydrogens is 341 g/mol. The van der Waals surface area contributed by atoms with Gasteiger partial charge in [-0.15, -0.1) is 0 Å². The maximum atomic E-state index is 13.3. The van der Waals surface area contributed by atoms with E-state index in [0.717, 1.165) is 54.7 Å². The summed E-state index contributed by atoms with van der Waals surface area (Å²) in [5.41, 5.74) is 2.08. The number of hydrogen-bond acceptors (Lipinski definition) is 2. The Bertz CT molecular complexity index is 795. The minimum atomic E-state index is -0.576. The molecule has 0 spiro atoms. The van der Waals surface area contributed by atoms with E-state index in [-0.39, 0.29) is 17.8 Å². The van der Waals surface area contributed by atoms with E-state index in [4.69, 9.17) is 4.74 Å². The molecule has 1 atom stereocenters. The van der Waals surface area contributed by atoms with E-state index in [0.29, 0.717) is 0 Å². The summed E-state index contributed by atoms with van der Waals surface area (Å²) >= 11 is 0. The zero-order chi connectivity index (χ0) is 19.4. The van der Waals surface area contributed by atoms with Gasteiger partial charge < -0.3 is 10.1 Å². The molecule has 0 bridgehead atoms. The molecule has 0 aromatic heterocycles. The molecule has 1 aliphatic rings. The van der Waals surface area contributed by atoms with Crippen LogP contribution in [0.2, 0.25) is 0 Å². The van der Waals surface area contributed by atoms with Gasteiger partial charge in [0.25, 0.3) is 0 Å². The van der Waals surface area contributed by atoms with Gasteiger partial charge in [-0.1, -0.05) is 31.9 Å². The van der Waals surface area contributed by atoms with Crippen molar-refractivity contribution in [3.63, 3.8) is 0 Å². The Labute approximate surface area is 160 Å². The molecule has 0 aliphatic heterocycles. The van der Waals surface area contributed by atoms with Crippen LogP contribution in [0.4, 0.5) is 10.1 Å². The third kappa shape index (κ3) is 4.15. The normalized spacial score (nSPS) is 16.7. The van der Waals surface area contributed by atoms with Crippen LogP contribution in [0.25, 0.3) is 0 Å². The maximum Gasteiger partial charge on any atom is 0.235 e. The van der Waals surface area contributed by atoms with Crippen LogP contribution in [0.15, 0.2) is 42.5 Å². The fourth-order valence-corrected chi connectivity index (χ4v) is 3.80. The fraction of sp³-hybridized carbons (Fsp3) is 0.435. The van der Waals surface area contributed by atoms with Crippen molar-refractivity contribution >= 4 is 11.6 Å². The molecule has 1 fully saturated rings. The highest BCUT2D eigenvalue weighted by atomic mass is 19.1. The molecule has 27 heavy (non-hydrogen) atoms. The van der Waals surface area contributed by atoms with E-state index in [1.165, 1.54) is 12.1 Å². The van der Waals surface area contributed by atoms with E-state index in [1.807, 2.05) is 32.0 Å². The summed E-state index contributed by atoms with van der Waals surface area (Å²) in [5.74, 6) is 0.554. The van der Waals surface area contributed by atoms with Crippen LogP contribution in [0, 0.1) is 12.7 Å². The van der Waals surface area contributed by atoms with Gasteiger partial charge in [0.1, 0.15) is 11.6 Å². The van der Waals surface area contributed by atoms with Crippen LogP contribution < -0.4 is 10.1 Å². The van der Waals surface area contributed by atoms with E-state index in [9.17, 15) is 9.18 Å². The predicted molar refractivity (Wildman–Crippen MR) is 107 cm³/mol. The van der Waals surface area contributed by atoms with Crippen molar-refractivity contribution in [3.05, 3.63) is 59.4 Å². The number of carbonyl (C=O) groups is 1. The topological polar surface area (TPSA) is 38.3 Å². The van der Waals surface area contributed by atoms with Crippen LogP contribution in [0.1, 0.15) is 57.1 Å². The molecule has 144 valence electrons. The number of benzene rings is 2. The van der Waals surface area contributed by atoms with Crippen molar-refractivity contribution in [3.8, 4) is 5.75 Å². The number of anilines is 1. The number of halogens is 1. The Morgan fingerprint density at radius 3 is 2.44 bits per heavy atom. The van der Waals surface area contributed by atoms with Crippen LogP contribution in [-0.2, 0) is 10.2 Å². The first-order valence-corrected chi connectivity index (χ1v) is 9.79. The lowest BCUT2D eigenvalue weighted by atomic mass is 9.78. The Morgan fingerprint density at radius 2 is 1.85 bits per heavy atom. The molecule has 1 amide bonds. The van der Waals surface area contributed by atoms with Crippen LogP contribution in [0.3, 0.4) is 0 Å². The Hall–Kier alpha value is -2.36. The maximum absolute atomic E-state index is 13.3. The van der Waals surface area contributed by atoms with Crippen LogP contribution in [-0.4, -0.2) is 12.0 Å². The molecule has 1 unspecified atom stereocenters. The molecule has 0 heterocycles.